The van der Waals surface area contributed by atoms with Crippen LogP contribution in [0.15, 0.2) is 35.6 Å². The van der Waals surface area contributed by atoms with Crippen LogP contribution in [0, 0.1) is 0 Å². The Bertz CT molecular complexity index is 780. The fourth-order valence-electron chi connectivity index (χ4n) is 4.29. The Morgan fingerprint density at radius 2 is 1.88 bits per heavy atom. The number of ether oxygens (including phenoxy) is 3. The second kappa shape index (κ2) is 5.38. The number of nitrogens with one attached hydrogen (secondary N) is 1. The lowest BCUT2D eigenvalue weighted by Gasteiger charge is -2.48. The van der Waals surface area contributed by atoms with Crippen molar-refractivity contribution in [3.63, 3.8) is 0 Å². The van der Waals surface area contributed by atoms with Crippen LogP contribution in [-0.2, 0) is 21.4 Å². The van der Waals surface area contributed by atoms with Crippen molar-refractivity contribution in [3.8, 4) is 11.5 Å². The quantitative estimate of drug-likeness (QED) is 0.919. The van der Waals surface area contributed by atoms with Crippen molar-refractivity contribution in [2.24, 2.45) is 0 Å². The van der Waals surface area contributed by atoms with E-state index in [2.05, 4.69) is 17.4 Å². The molecule has 0 saturated carbocycles. The minimum absolute atomic E-state index is 0.0639. The maximum absolute atomic E-state index is 12.2. The van der Waals surface area contributed by atoms with E-state index in [0.29, 0.717) is 17.6 Å². The van der Waals surface area contributed by atoms with Gasteiger partial charge in [-0.1, -0.05) is 0 Å². The summed E-state index contributed by atoms with van der Waals surface area (Å²) in [4.78, 5) is 12.2. The standard InChI is InChI=1S/C19H21NO4/c1-22-16-5-11-4-13-8-19(14(11)7-17(16)23-2)9-18(24-3)15(21)6-12(19)10-20-13/h5-7,9,13,20H,4,8,10H2,1-3H3. The molecule has 1 saturated heterocycles. The summed E-state index contributed by atoms with van der Waals surface area (Å²) < 4.78 is 16.3. The van der Waals surface area contributed by atoms with Gasteiger partial charge in [0.15, 0.2) is 17.3 Å². The number of benzene rings is 1. The number of methoxy groups -OCH3 is 3. The minimum Gasteiger partial charge on any atom is -0.493 e. The molecule has 126 valence electrons. The van der Waals surface area contributed by atoms with Crippen molar-refractivity contribution in [3.05, 3.63) is 46.7 Å². The van der Waals surface area contributed by atoms with Gasteiger partial charge in [-0.25, -0.2) is 0 Å². The smallest absolute Gasteiger partial charge is 0.220 e. The molecule has 1 aromatic carbocycles. The van der Waals surface area contributed by atoms with Crippen molar-refractivity contribution < 1.29 is 19.0 Å². The molecule has 0 amide bonds. The monoisotopic (exact) mass is 327 g/mol. The minimum atomic E-state index is -0.303. The molecule has 5 nitrogen and oxygen atoms in total. The van der Waals surface area contributed by atoms with E-state index in [1.165, 1.54) is 11.1 Å². The molecule has 1 aromatic rings. The van der Waals surface area contributed by atoms with Gasteiger partial charge in [-0.2, -0.15) is 0 Å². The Morgan fingerprint density at radius 3 is 2.58 bits per heavy atom. The first kappa shape index (κ1) is 15.3. The number of hydrogen-bond acceptors (Lipinski definition) is 5. The third-order valence-corrected chi connectivity index (χ3v) is 5.42. The highest BCUT2D eigenvalue weighted by Gasteiger charge is 2.48. The number of hydrogen-bond donors (Lipinski definition) is 1. The Kier molecular flexibility index (Phi) is 3.42. The molecular weight excluding hydrogens is 306 g/mol. The lowest BCUT2D eigenvalue weighted by molar-refractivity contribution is -0.114. The summed E-state index contributed by atoms with van der Waals surface area (Å²) in [6, 6.07) is 4.49. The van der Waals surface area contributed by atoms with Crippen LogP contribution in [0.1, 0.15) is 17.5 Å². The summed E-state index contributed by atoms with van der Waals surface area (Å²) in [6.45, 7) is 0.720. The fourth-order valence-corrected chi connectivity index (χ4v) is 4.29. The molecule has 2 atom stereocenters. The predicted molar refractivity (Wildman–Crippen MR) is 89.5 cm³/mol. The van der Waals surface area contributed by atoms with Crippen LogP contribution in [0.2, 0.25) is 0 Å². The van der Waals surface area contributed by atoms with Crippen molar-refractivity contribution in [2.75, 3.05) is 27.9 Å². The number of allylic oxidation sites excluding steroid dienone is 2. The summed E-state index contributed by atoms with van der Waals surface area (Å²) in [5.41, 5.74) is 3.20. The van der Waals surface area contributed by atoms with Crippen molar-refractivity contribution in [1.82, 2.24) is 5.32 Å². The van der Waals surface area contributed by atoms with E-state index >= 15 is 0 Å². The first-order chi connectivity index (χ1) is 11.6. The van der Waals surface area contributed by atoms with Crippen LogP contribution in [-0.4, -0.2) is 39.7 Å². The zero-order valence-corrected chi connectivity index (χ0v) is 14.1. The topological polar surface area (TPSA) is 56.8 Å². The summed E-state index contributed by atoms with van der Waals surface area (Å²) in [5, 5.41) is 3.54. The van der Waals surface area contributed by atoms with E-state index in [9.17, 15) is 4.79 Å². The average Bonchev–Trinajstić information content (AvgIpc) is 2.60. The largest absolute Gasteiger partial charge is 0.493 e. The molecule has 5 heteroatoms. The first-order valence-electron chi connectivity index (χ1n) is 8.12. The zero-order valence-electron chi connectivity index (χ0n) is 14.1. The van der Waals surface area contributed by atoms with Crippen LogP contribution in [0.25, 0.3) is 0 Å². The first-order valence-corrected chi connectivity index (χ1v) is 8.12. The summed E-state index contributed by atoms with van der Waals surface area (Å²) in [7, 11) is 4.85. The maximum Gasteiger partial charge on any atom is 0.220 e. The molecule has 1 aliphatic heterocycles. The molecule has 4 rings (SSSR count). The van der Waals surface area contributed by atoms with Gasteiger partial charge in [0.2, 0.25) is 5.78 Å². The van der Waals surface area contributed by atoms with Crippen molar-refractivity contribution in [2.45, 2.75) is 24.3 Å². The van der Waals surface area contributed by atoms with Gasteiger partial charge in [-0.15, -0.1) is 0 Å². The Labute approximate surface area is 141 Å². The van der Waals surface area contributed by atoms with Gasteiger partial charge in [-0.05, 0) is 53.8 Å². The van der Waals surface area contributed by atoms with Crippen molar-refractivity contribution in [1.29, 1.82) is 0 Å². The number of piperidine rings is 1. The molecule has 1 fully saturated rings. The molecule has 3 aliphatic rings. The lowest BCUT2D eigenvalue weighted by Crippen LogP contribution is -2.53. The Morgan fingerprint density at radius 1 is 1.12 bits per heavy atom. The molecule has 0 radical (unpaired) electrons. The number of carbonyl (C=O) groups excluding carboxylic acids is 1. The zero-order chi connectivity index (χ0) is 16.9. The molecule has 2 unspecified atom stereocenters. The molecule has 2 aliphatic carbocycles. The Hall–Kier alpha value is -2.27. The summed E-state index contributed by atoms with van der Waals surface area (Å²) >= 11 is 0. The van der Waals surface area contributed by atoms with Crippen LogP contribution >= 0.6 is 0 Å². The summed E-state index contributed by atoms with van der Waals surface area (Å²) in [5.74, 6) is 1.81. The summed E-state index contributed by atoms with van der Waals surface area (Å²) in [6.07, 6.45) is 5.59. The molecular formula is C19H21NO4. The Balaban J connectivity index is 1.96. The molecule has 1 N–H and O–H groups in total. The van der Waals surface area contributed by atoms with E-state index in [1.807, 2.05) is 6.08 Å². The molecule has 0 aromatic heterocycles. The SMILES string of the molecule is COC1=CC23CC(Cc4cc(OC)c(OC)cc42)NCC3=CC1=O. The molecule has 2 bridgehead atoms. The number of carbonyl (C=O) groups is 1. The van der Waals surface area contributed by atoms with Crippen LogP contribution in [0.5, 0.6) is 11.5 Å². The van der Waals surface area contributed by atoms with Crippen LogP contribution < -0.4 is 14.8 Å². The van der Waals surface area contributed by atoms with E-state index in [0.717, 1.165) is 30.7 Å². The molecule has 24 heavy (non-hydrogen) atoms. The highest BCUT2D eigenvalue weighted by Crippen LogP contribution is 2.50. The van der Waals surface area contributed by atoms with Gasteiger partial charge in [-0.3, -0.25) is 4.79 Å². The second-order valence-corrected chi connectivity index (χ2v) is 6.57. The highest BCUT2D eigenvalue weighted by molar-refractivity contribution is 6.05. The van der Waals surface area contributed by atoms with Gasteiger partial charge < -0.3 is 19.5 Å². The van der Waals surface area contributed by atoms with Crippen LogP contribution in [0.3, 0.4) is 0 Å². The lowest BCUT2D eigenvalue weighted by atomic mass is 9.60. The third-order valence-electron chi connectivity index (χ3n) is 5.42. The number of fused-ring (bicyclic) bond motifs is 2. The van der Waals surface area contributed by atoms with Gasteiger partial charge in [0, 0.05) is 18.0 Å². The van der Waals surface area contributed by atoms with Gasteiger partial charge in [0.25, 0.3) is 0 Å². The number of rotatable bonds is 3. The van der Waals surface area contributed by atoms with E-state index < -0.39 is 0 Å². The van der Waals surface area contributed by atoms with E-state index in [1.54, 1.807) is 27.4 Å². The number of ketones is 1. The molecule has 1 spiro atoms. The van der Waals surface area contributed by atoms with Gasteiger partial charge >= 0.3 is 0 Å². The normalized spacial score (nSPS) is 27.5. The maximum atomic E-state index is 12.2. The fraction of sp³-hybridized carbons (Fsp3) is 0.421. The van der Waals surface area contributed by atoms with E-state index in [4.69, 9.17) is 14.2 Å². The third kappa shape index (κ3) is 2.01. The van der Waals surface area contributed by atoms with Gasteiger partial charge in [0.05, 0.1) is 21.3 Å². The van der Waals surface area contributed by atoms with E-state index in [-0.39, 0.29) is 11.2 Å². The average molecular weight is 327 g/mol. The highest BCUT2D eigenvalue weighted by atomic mass is 16.5. The van der Waals surface area contributed by atoms with Crippen LogP contribution in [0.4, 0.5) is 0 Å². The molecule has 1 heterocycles. The second-order valence-electron chi connectivity index (χ2n) is 6.57. The van der Waals surface area contributed by atoms with Crippen molar-refractivity contribution >= 4 is 5.78 Å². The predicted octanol–water partition coefficient (Wildman–Crippen LogP) is 1.90. The van der Waals surface area contributed by atoms with Gasteiger partial charge in [0.1, 0.15) is 0 Å².